The summed E-state index contributed by atoms with van der Waals surface area (Å²) >= 11 is 0. The Balaban J connectivity index is 1.91. The van der Waals surface area contributed by atoms with E-state index in [0.29, 0.717) is 25.2 Å². The molecule has 2 aliphatic heterocycles. The number of carbonyl (C=O) groups excluding carboxylic acids is 1. The van der Waals surface area contributed by atoms with Crippen LogP contribution >= 0.6 is 0 Å². The van der Waals surface area contributed by atoms with Gasteiger partial charge in [-0.25, -0.2) is 8.78 Å². The van der Waals surface area contributed by atoms with E-state index < -0.39 is 5.92 Å². The first-order chi connectivity index (χ1) is 6.96. The number of carbonyl (C=O) groups is 1. The first-order valence-corrected chi connectivity index (χ1v) is 5.61. The van der Waals surface area contributed by atoms with Gasteiger partial charge in [0.25, 0.3) is 0 Å². The first kappa shape index (κ1) is 11.0. The fraction of sp³-hybridized carbons (Fsp3) is 0.909. The number of hydrogen-bond donors (Lipinski definition) is 0. The monoisotopic (exact) mass is 217 g/mol. The summed E-state index contributed by atoms with van der Waals surface area (Å²) < 4.78 is 25.5. The van der Waals surface area contributed by atoms with Crippen molar-refractivity contribution >= 4 is 5.78 Å². The van der Waals surface area contributed by atoms with Crippen molar-refractivity contribution in [2.24, 2.45) is 0 Å². The van der Waals surface area contributed by atoms with Gasteiger partial charge in [0.15, 0.2) is 0 Å². The smallest absolute Gasteiger partial charge is 0.246 e. The molecule has 0 aliphatic carbocycles. The standard InChI is InChI=1S/C11H17F2NO/c1-11(12,13)4-5-14-8-2-3-9(14)7-10(15)6-8/h8-9H,2-7H2,1H3/t8-,9-/m0/s1. The van der Waals surface area contributed by atoms with Crippen LogP contribution in [-0.2, 0) is 4.79 Å². The molecule has 2 rings (SSSR count). The molecule has 2 atom stereocenters. The minimum absolute atomic E-state index is 0.0891. The van der Waals surface area contributed by atoms with Crippen LogP contribution in [0.25, 0.3) is 0 Å². The molecule has 0 aromatic rings. The Morgan fingerprint density at radius 3 is 2.33 bits per heavy atom. The van der Waals surface area contributed by atoms with Gasteiger partial charge in [-0.15, -0.1) is 0 Å². The average molecular weight is 217 g/mol. The molecule has 2 aliphatic rings. The first-order valence-electron chi connectivity index (χ1n) is 5.61. The predicted molar refractivity (Wildman–Crippen MR) is 53.0 cm³/mol. The largest absolute Gasteiger partial charge is 0.300 e. The lowest BCUT2D eigenvalue weighted by atomic mass is 10.0. The highest BCUT2D eigenvalue weighted by Gasteiger charge is 2.40. The third-order valence-electron chi connectivity index (χ3n) is 3.51. The van der Waals surface area contributed by atoms with Crippen LogP contribution < -0.4 is 0 Å². The van der Waals surface area contributed by atoms with Gasteiger partial charge in [-0.2, -0.15) is 0 Å². The van der Waals surface area contributed by atoms with Gasteiger partial charge >= 0.3 is 0 Å². The maximum absolute atomic E-state index is 12.7. The van der Waals surface area contributed by atoms with Gasteiger partial charge in [0, 0.05) is 37.9 Å². The number of nitrogens with zero attached hydrogens (tertiary/aromatic N) is 1. The van der Waals surface area contributed by atoms with E-state index in [2.05, 4.69) is 4.90 Å². The lowest BCUT2D eigenvalue weighted by Gasteiger charge is -2.34. The van der Waals surface area contributed by atoms with Crippen molar-refractivity contribution in [3.63, 3.8) is 0 Å². The Bertz CT molecular complexity index is 246. The number of alkyl halides is 2. The van der Waals surface area contributed by atoms with Crippen LogP contribution in [-0.4, -0.2) is 35.2 Å². The van der Waals surface area contributed by atoms with Gasteiger partial charge < -0.3 is 0 Å². The van der Waals surface area contributed by atoms with Crippen molar-refractivity contribution in [2.45, 2.75) is 57.0 Å². The number of piperidine rings is 1. The number of fused-ring (bicyclic) bond motifs is 2. The topological polar surface area (TPSA) is 20.3 Å². The number of ketones is 1. The highest BCUT2D eigenvalue weighted by Crippen LogP contribution is 2.34. The molecule has 0 unspecified atom stereocenters. The molecule has 2 fully saturated rings. The normalized spacial score (nSPS) is 32.3. The zero-order chi connectivity index (χ0) is 11.1. The molecule has 0 amide bonds. The molecule has 2 bridgehead atoms. The van der Waals surface area contributed by atoms with E-state index in [9.17, 15) is 13.6 Å². The Morgan fingerprint density at radius 2 is 1.87 bits per heavy atom. The maximum atomic E-state index is 12.7. The van der Waals surface area contributed by atoms with E-state index in [1.165, 1.54) is 0 Å². The van der Waals surface area contributed by atoms with Crippen LogP contribution in [0, 0.1) is 0 Å². The Labute approximate surface area is 88.6 Å². The lowest BCUT2D eigenvalue weighted by molar-refractivity contribution is -0.123. The Morgan fingerprint density at radius 1 is 1.33 bits per heavy atom. The summed E-state index contributed by atoms with van der Waals surface area (Å²) in [5, 5.41) is 0. The van der Waals surface area contributed by atoms with Crippen molar-refractivity contribution in [2.75, 3.05) is 6.54 Å². The fourth-order valence-electron chi connectivity index (χ4n) is 2.75. The summed E-state index contributed by atoms with van der Waals surface area (Å²) in [7, 11) is 0. The number of hydrogen-bond acceptors (Lipinski definition) is 2. The summed E-state index contributed by atoms with van der Waals surface area (Å²) in [4.78, 5) is 13.4. The second kappa shape index (κ2) is 3.81. The lowest BCUT2D eigenvalue weighted by Crippen LogP contribution is -2.44. The minimum Gasteiger partial charge on any atom is -0.300 e. The van der Waals surface area contributed by atoms with Crippen molar-refractivity contribution < 1.29 is 13.6 Å². The molecule has 0 spiro atoms. The minimum atomic E-state index is -2.58. The second-order valence-electron chi connectivity index (χ2n) is 4.89. The van der Waals surface area contributed by atoms with E-state index in [4.69, 9.17) is 0 Å². The SMILES string of the molecule is CC(F)(F)CCN1[C@H]2CC[C@H]1CC(=O)C2. The molecule has 86 valence electrons. The fourth-order valence-corrected chi connectivity index (χ4v) is 2.75. The summed E-state index contributed by atoms with van der Waals surface area (Å²) in [5.41, 5.74) is 0. The number of rotatable bonds is 3. The van der Waals surface area contributed by atoms with Crippen LogP contribution in [0.1, 0.15) is 39.0 Å². The van der Waals surface area contributed by atoms with E-state index in [-0.39, 0.29) is 18.5 Å². The van der Waals surface area contributed by atoms with Crippen molar-refractivity contribution in [1.82, 2.24) is 4.90 Å². The van der Waals surface area contributed by atoms with Gasteiger partial charge in [0.05, 0.1) is 0 Å². The van der Waals surface area contributed by atoms with Crippen LogP contribution in [0.15, 0.2) is 0 Å². The molecular weight excluding hydrogens is 200 g/mol. The third-order valence-corrected chi connectivity index (χ3v) is 3.51. The van der Waals surface area contributed by atoms with Crippen LogP contribution in [0.4, 0.5) is 8.78 Å². The van der Waals surface area contributed by atoms with Gasteiger partial charge in [0.2, 0.25) is 5.92 Å². The zero-order valence-corrected chi connectivity index (χ0v) is 9.01. The third kappa shape index (κ3) is 2.54. The van der Waals surface area contributed by atoms with E-state index >= 15 is 0 Å². The number of halogens is 2. The van der Waals surface area contributed by atoms with Gasteiger partial charge in [0.1, 0.15) is 5.78 Å². The molecule has 2 nitrogen and oxygen atoms in total. The molecule has 4 heteroatoms. The van der Waals surface area contributed by atoms with E-state index in [1.54, 1.807) is 0 Å². The zero-order valence-electron chi connectivity index (χ0n) is 9.01. The second-order valence-corrected chi connectivity index (χ2v) is 4.89. The van der Waals surface area contributed by atoms with Crippen molar-refractivity contribution in [1.29, 1.82) is 0 Å². The molecule has 0 aromatic heterocycles. The molecule has 0 radical (unpaired) electrons. The molecule has 2 heterocycles. The molecule has 0 saturated carbocycles. The van der Waals surface area contributed by atoms with E-state index in [0.717, 1.165) is 19.8 Å². The molecule has 0 aromatic carbocycles. The van der Waals surface area contributed by atoms with Crippen LogP contribution in [0.3, 0.4) is 0 Å². The van der Waals surface area contributed by atoms with Crippen molar-refractivity contribution in [3.05, 3.63) is 0 Å². The maximum Gasteiger partial charge on any atom is 0.246 e. The van der Waals surface area contributed by atoms with Crippen LogP contribution in [0.5, 0.6) is 0 Å². The molecular formula is C11H17F2NO. The van der Waals surface area contributed by atoms with Gasteiger partial charge in [-0.3, -0.25) is 9.69 Å². The highest BCUT2D eigenvalue weighted by molar-refractivity contribution is 5.80. The average Bonchev–Trinajstić information content (AvgIpc) is 2.33. The predicted octanol–water partition coefficient (Wildman–Crippen LogP) is 2.23. The summed E-state index contributed by atoms with van der Waals surface area (Å²) in [6.07, 6.45) is 3.07. The number of Topliss-reactive ketones (excluding diaryl/α,β-unsaturated/α-hetero) is 1. The van der Waals surface area contributed by atoms with E-state index in [1.807, 2.05) is 0 Å². The Hall–Kier alpha value is -0.510. The summed E-state index contributed by atoms with van der Waals surface area (Å²) in [6.45, 7) is 1.40. The van der Waals surface area contributed by atoms with Crippen molar-refractivity contribution in [3.8, 4) is 0 Å². The molecule has 0 N–H and O–H groups in total. The van der Waals surface area contributed by atoms with Gasteiger partial charge in [-0.1, -0.05) is 0 Å². The van der Waals surface area contributed by atoms with Gasteiger partial charge in [-0.05, 0) is 19.8 Å². The highest BCUT2D eigenvalue weighted by atomic mass is 19.3. The van der Waals surface area contributed by atoms with Crippen LogP contribution in [0.2, 0.25) is 0 Å². The summed E-state index contributed by atoms with van der Waals surface area (Å²) in [5.74, 6) is -2.28. The molecule has 15 heavy (non-hydrogen) atoms. The summed E-state index contributed by atoms with van der Waals surface area (Å²) in [6, 6.07) is 0.497. The quantitative estimate of drug-likeness (QED) is 0.722. The Kier molecular flexibility index (Phi) is 2.79. The molecule has 2 saturated heterocycles.